The highest BCUT2D eigenvalue weighted by molar-refractivity contribution is 14.0. The Balaban J connectivity index is 0.00000320. The second-order valence-electron chi connectivity index (χ2n) is 7.19. The molecular weight excluding hydrogens is 493 g/mol. The largest absolute Gasteiger partial charge is 0.459 e. The summed E-state index contributed by atoms with van der Waals surface area (Å²) in [4.78, 5) is 23.1. The zero-order chi connectivity index (χ0) is 20.5. The highest BCUT2D eigenvalue weighted by Crippen LogP contribution is 2.12. The second kappa shape index (κ2) is 12.5. The Morgan fingerprint density at radius 3 is 2.40 bits per heavy atom. The summed E-state index contributed by atoms with van der Waals surface area (Å²) in [5.41, 5.74) is 1.25. The summed E-state index contributed by atoms with van der Waals surface area (Å²) < 4.78 is 5.22. The number of carbonyl (C=O) groups is 1. The fraction of sp³-hybridized carbons (Fsp3) is 0.455. The number of piperazine rings is 1. The van der Waals surface area contributed by atoms with Crippen LogP contribution in [0.2, 0.25) is 0 Å². The van der Waals surface area contributed by atoms with E-state index < -0.39 is 0 Å². The van der Waals surface area contributed by atoms with Gasteiger partial charge in [0.25, 0.3) is 5.91 Å². The third kappa shape index (κ3) is 6.65. The van der Waals surface area contributed by atoms with Crippen LogP contribution in [0.3, 0.4) is 0 Å². The smallest absolute Gasteiger partial charge is 0.289 e. The predicted molar refractivity (Wildman–Crippen MR) is 132 cm³/mol. The predicted octanol–water partition coefficient (Wildman–Crippen LogP) is 3.15. The number of hydrogen-bond donors (Lipinski definition) is 1. The van der Waals surface area contributed by atoms with Crippen molar-refractivity contribution in [1.29, 1.82) is 0 Å². The van der Waals surface area contributed by atoms with Crippen molar-refractivity contribution in [2.24, 2.45) is 4.99 Å². The van der Waals surface area contributed by atoms with Crippen molar-refractivity contribution in [2.75, 3.05) is 58.3 Å². The van der Waals surface area contributed by atoms with Gasteiger partial charge in [0.1, 0.15) is 0 Å². The van der Waals surface area contributed by atoms with Crippen LogP contribution in [0.25, 0.3) is 0 Å². The van der Waals surface area contributed by atoms with Crippen molar-refractivity contribution in [1.82, 2.24) is 15.1 Å². The highest BCUT2D eigenvalue weighted by atomic mass is 127. The minimum absolute atomic E-state index is 0. The number of rotatable bonds is 7. The average Bonchev–Trinajstić information content (AvgIpc) is 3.31. The third-order valence-corrected chi connectivity index (χ3v) is 5.21. The molecule has 2 heterocycles. The van der Waals surface area contributed by atoms with Crippen molar-refractivity contribution in [3.05, 3.63) is 54.5 Å². The molecular formula is C22H32IN5O2. The molecule has 1 N–H and O–H groups in total. The number of anilines is 1. The number of para-hydroxylation sites is 1. The lowest BCUT2D eigenvalue weighted by Gasteiger charge is -2.36. The number of aliphatic imine (C=N–C) groups is 1. The molecule has 1 aliphatic heterocycles. The molecule has 1 amide bonds. The van der Waals surface area contributed by atoms with Gasteiger partial charge >= 0.3 is 0 Å². The summed E-state index contributed by atoms with van der Waals surface area (Å²) in [6.07, 6.45) is 3.72. The van der Waals surface area contributed by atoms with Crippen LogP contribution in [-0.4, -0.2) is 75.0 Å². The van der Waals surface area contributed by atoms with Crippen molar-refractivity contribution >= 4 is 41.5 Å². The third-order valence-electron chi connectivity index (χ3n) is 5.21. The number of halogens is 1. The maximum Gasteiger partial charge on any atom is 0.289 e. The Morgan fingerprint density at radius 1 is 1.07 bits per heavy atom. The fourth-order valence-corrected chi connectivity index (χ4v) is 3.50. The van der Waals surface area contributed by atoms with Gasteiger partial charge in [-0.15, -0.1) is 24.0 Å². The maximum absolute atomic E-state index is 12.4. The molecule has 164 valence electrons. The van der Waals surface area contributed by atoms with E-state index in [1.165, 1.54) is 12.0 Å². The molecule has 1 aromatic heterocycles. The van der Waals surface area contributed by atoms with E-state index in [0.717, 1.165) is 45.0 Å². The summed E-state index contributed by atoms with van der Waals surface area (Å²) in [7, 11) is 3.94. The Kier molecular flexibility index (Phi) is 9.99. The highest BCUT2D eigenvalue weighted by Gasteiger charge is 2.24. The molecule has 2 aromatic rings. The summed E-state index contributed by atoms with van der Waals surface area (Å²) >= 11 is 0. The fourth-order valence-electron chi connectivity index (χ4n) is 3.50. The number of hydrogen-bond acceptors (Lipinski definition) is 4. The lowest BCUT2D eigenvalue weighted by atomic mass is 10.2. The number of furan rings is 1. The minimum atomic E-state index is -0.0415. The van der Waals surface area contributed by atoms with Crippen LogP contribution in [0.4, 0.5) is 5.69 Å². The quantitative estimate of drug-likeness (QED) is 0.261. The van der Waals surface area contributed by atoms with Gasteiger partial charge in [0.15, 0.2) is 11.7 Å². The Labute approximate surface area is 196 Å². The van der Waals surface area contributed by atoms with E-state index in [9.17, 15) is 4.79 Å². The van der Waals surface area contributed by atoms with Gasteiger partial charge in [-0.3, -0.25) is 9.79 Å². The molecule has 0 unspecified atom stereocenters. The van der Waals surface area contributed by atoms with Gasteiger partial charge < -0.3 is 24.4 Å². The number of nitrogens with one attached hydrogen (secondary N) is 1. The average molecular weight is 525 g/mol. The van der Waals surface area contributed by atoms with E-state index in [4.69, 9.17) is 4.42 Å². The van der Waals surface area contributed by atoms with E-state index in [-0.39, 0.29) is 29.9 Å². The second-order valence-corrected chi connectivity index (χ2v) is 7.19. The lowest BCUT2D eigenvalue weighted by Crippen LogP contribution is -2.53. The SMILES string of the molecule is CN=C(NCCCCN(C)c1ccccc1)N1CCN(C(=O)c2ccco2)CC1.I. The molecule has 8 heteroatoms. The first-order valence-electron chi connectivity index (χ1n) is 10.2. The van der Waals surface area contributed by atoms with Crippen LogP contribution in [0.5, 0.6) is 0 Å². The molecule has 0 spiro atoms. The van der Waals surface area contributed by atoms with Crippen molar-refractivity contribution in [2.45, 2.75) is 12.8 Å². The minimum Gasteiger partial charge on any atom is -0.459 e. The van der Waals surface area contributed by atoms with Crippen LogP contribution in [-0.2, 0) is 0 Å². The number of carbonyl (C=O) groups excluding carboxylic acids is 1. The van der Waals surface area contributed by atoms with Gasteiger partial charge in [-0.1, -0.05) is 18.2 Å². The normalized spacial score (nSPS) is 14.3. The first kappa shape index (κ1) is 24.0. The molecule has 7 nitrogen and oxygen atoms in total. The summed E-state index contributed by atoms with van der Waals surface area (Å²) in [6.45, 7) is 4.79. The van der Waals surface area contributed by atoms with Crippen LogP contribution in [0.1, 0.15) is 23.4 Å². The first-order chi connectivity index (χ1) is 14.2. The van der Waals surface area contributed by atoms with E-state index in [2.05, 4.69) is 51.4 Å². The maximum atomic E-state index is 12.4. The molecule has 0 bridgehead atoms. The molecule has 1 saturated heterocycles. The Hall–Kier alpha value is -2.23. The zero-order valence-electron chi connectivity index (χ0n) is 17.8. The number of amides is 1. The standard InChI is InChI=1S/C22H31N5O2.HI/c1-23-22(24-12-6-7-13-25(2)19-9-4-3-5-10-19)27-16-14-26(15-17-27)21(28)20-11-8-18-29-20;/h3-5,8-11,18H,6-7,12-17H2,1-2H3,(H,23,24);1H. The summed E-state index contributed by atoms with van der Waals surface area (Å²) in [5.74, 6) is 1.27. The van der Waals surface area contributed by atoms with E-state index in [1.807, 2.05) is 18.0 Å². The molecule has 0 radical (unpaired) electrons. The van der Waals surface area contributed by atoms with Gasteiger partial charge in [-0.2, -0.15) is 0 Å². The van der Waals surface area contributed by atoms with Crippen molar-refractivity contribution in [3.8, 4) is 0 Å². The van der Waals surface area contributed by atoms with Gasteiger partial charge in [-0.05, 0) is 37.1 Å². The van der Waals surface area contributed by atoms with Crippen LogP contribution in [0, 0.1) is 0 Å². The molecule has 1 aliphatic rings. The topological polar surface area (TPSA) is 64.3 Å². The van der Waals surface area contributed by atoms with Crippen molar-refractivity contribution < 1.29 is 9.21 Å². The van der Waals surface area contributed by atoms with Crippen LogP contribution < -0.4 is 10.2 Å². The Morgan fingerprint density at radius 2 is 1.77 bits per heavy atom. The molecule has 30 heavy (non-hydrogen) atoms. The molecule has 1 aromatic carbocycles. The molecule has 0 atom stereocenters. The van der Waals surface area contributed by atoms with E-state index in [0.29, 0.717) is 18.8 Å². The van der Waals surface area contributed by atoms with E-state index >= 15 is 0 Å². The van der Waals surface area contributed by atoms with Gasteiger partial charge in [0.05, 0.1) is 6.26 Å². The van der Waals surface area contributed by atoms with E-state index in [1.54, 1.807) is 12.1 Å². The molecule has 0 saturated carbocycles. The lowest BCUT2D eigenvalue weighted by molar-refractivity contribution is 0.0657. The molecule has 0 aliphatic carbocycles. The monoisotopic (exact) mass is 525 g/mol. The first-order valence-corrected chi connectivity index (χ1v) is 10.2. The molecule has 3 rings (SSSR count). The Bertz CT molecular complexity index is 774. The number of nitrogens with zero attached hydrogens (tertiary/aromatic N) is 4. The van der Waals surface area contributed by atoms with Gasteiger partial charge in [0.2, 0.25) is 0 Å². The van der Waals surface area contributed by atoms with Crippen molar-refractivity contribution in [3.63, 3.8) is 0 Å². The summed E-state index contributed by atoms with van der Waals surface area (Å²) in [5, 5.41) is 3.46. The summed E-state index contributed by atoms with van der Waals surface area (Å²) in [6, 6.07) is 13.9. The van der Waals surface area contributed by atoms with Crippen LogP contribution in [0.15, 0.2) is 58.1 Å². The van der Waals surface area contributed by atoms with Crippen LogP contribution >= 0.6 is 24.0 Å². The number of unbranched alkanes of at least 4 members (excludes halogenated alkanes) is 1. The number of benzene rings is 1. The molecule has 1 fully saturated rings. The van der Waals surface area contributed by atoms with Gasteiger partial charge in [0, 0.05) is 59.1 Å². The zero-order valence-corrected chi connectivity index (χ0v) is 20.1. The van der Waals surface area contributed by atoms with Gasteiger partial charge in [-0.25, -0.2) is 0 Å². The number of guanidine groups is 1.